The summed E-state index contributed by atoms with van der Waals surface area (Å²) in [5, 5.41) is 11.3. The summed E-state index contributed by atoms with van der Waals surface area (Å²) in [6.45, 7) is -0.0680. The van der Waals surface area contributed by atoms with E-state index in [2.05, 4.69) is 10.1 Å². The lowest BCUT2D eigenvalue weighted by molar-refractivity contribution is -0.274. The molecule has 0 saturated carbocycles. The third-order valence-electron chi connectivity index (χ3n) is 4.24. The zero-order valence-electron chi connectivity index (χ0n) is 17.1. The standard InChI is InChI=1S/C23H19F3N2O5/c24-23(25,26)33-18-10-8-17(9-11-18)27-22(31)20-7-3-13-28(20)12-2-5-16-4-1-6-19(14-16)32-15-21(29)30/h1-11,13-14H,12,15H2,(H,27,31)(H,29,30). The normalized spacial score (nSPS) is 11.4. The van der Waals surface area contributed by atoms with Crippen molar-refractivity contribution < 1.29 is 37.3 Å². The zero-order chi connectivity index (χ0) is 23.8. The van der Waals surface area contributed by atoms with E-state index in [0.717, 1.165) is 17.7 Å². The summed E-state index contributed by atoms with van der Waals surface area (Å²) in [7, 11) is 0. The number of aliphatic carboxylic acids is 1. The van der Waals surface area contributed by atoms with Gasteiger partial charge in [0.1, 0.15) is 17.2 Å². The number of rotatable bonds is 9. The SMILES string of the molecule is O=C(O)COc1cccc(C=CCn2cccc2C(=O)Nc2ccc(OC(F)(F)F)cc2)c1. The Morgan fingerprint density at radius 2 is 1.79 bits per heavy atom. The van der Waals surface area contributed by atoms with Gasteiger partial charge in [-0.2, -0.15) is 0 Å². The summed E-state index contributed by atoms with van der Waals surface area (Å²) in [5.41, 5.74) is 1.46. The van der Waals surface area contributed by atoms with Gasteiger partial charge in [0.25, 0.3) is 5.91 Å². The van der Waals surface area contributed by atoms with Crippen LogP contribution >= 0.6 is 0 Å². The number of ether oxygens (including phenoxy) is 2. The molecule has 2 aromatic carbocycles. The van der Waals surface area contributed by atoms with Crippen molar-refractivity contribution in [3.05, 3.63) is 84.2 Å². The Hall–Kier alpha value is -4.21. The summed E-state index contributed by atoms with van der Waals surface area (Å²) < 4.78 is 47.4. The molecule has 0 aliphatic heterocycles. The molecule has 3 rings (SSSR count). The smallest absolute Gasteiger partial charge is 0.482 e. The van der Waals surface area contributed by atoms with Gasteiger partial charge in [0.05, 0.1) is 0 Å². The Morgan fingerprint density at radius 1 is 1.03 bits per heavy atom. The number of hydrogen-bond donors (Lipinski definition) is 2. The Kier molecular flexibility index (Phi) is 7.39. The van der Waals surface area contributed by atoms with E-state index in [9.17, 15) is 22.8 Å². The first kappa shape index (κ1) is 23.5. The lowest BCUT2D eigenvalue weighted by Gasteiger charge is -2.11. The van der Waals surface area contributed by atoms with Crippen molar-refractivity contribution in [2.75, 3.05) is 11.9 Å². The first-order chi connectivity index (χ1) is 15.7. The van der Waals surface area contributed by atoms with E-state index in [1.54, 1.807) is 47.2 Å². The predicted molar refractivity (Wildman–Crippen MR) is 114 cm³/mol. The Bertz CT molecular complexity index is 1140. The first-order valence-corrected chi connectivity index (χ1v) is 9.63. The van der Waals surface area contributed by atoms with E-state index >= 15 is 0 Å². The van der Waals surface area contributed by atoms with E-state index in [4.69, 9.17) is 9.84 Å². The quantitative estimate of drug-likeness (QED) is 0.478. The van der Waals surface area contributed by atoms with Crippen LogP contribution in [0.1, 0.15) is 16.1 Å². The Labute approximate surface area is 186 Å². The number of carbonyl (C=O) groups excluding carboxylic acids is 1. The molecule has 1 heterocycles. The maximum Gasteiger partial charge on any atom is 0.573 e. The second-order valence-corrected chi connectivity index (χ2v) is 6.73. The lowest BCUT2D eigenvalue weighted by atomic mass is 10.2. The number of nitrogens with one attached hydrogen (secondary N) is 1. The molecule has 1 aromatic heterocycles. The minimum Gasteiger partial charge on any atom is -0.482 e. The molecule has 3 aromatic rings. The molecule has 0 fully saturated rings. The molecule has 0 atom stereocenters. The molecular formula is C23H19F3N2O5. The van der Waals surface area contributed by atoms with E-state index in [1.165, 1.54) is 12.1 Å². The third-order valence-corrected chi connectivity index (χ3v) is 4.24. The zero-order valence-corrected chi connectivity index (χ0v) is 17.1. The lowest BCUT2D eigenvalue weighted by Crippen LogP contribution is -2.18. The summed E-state index contributed by atoms with van der Waals surface area (Å²) in [6.07, 6.45) is 0.545. The van der Waals surface area contributed by atoms with E-state index in [1.807, 2.05) is 12.1 Å². The van der Waals surface area contributed by atoms with Crippen molar-refractivity contribution in [3.63, 3.8) is 0 Å². The Balaban J connectivity index is 1.60. The molecule has 0 saturated heterocycles. The van der Waals surface area contributed by atoms with Crippen LogP contribution < -0.4 is 14.8 Å². The van der Waals surface area contributed by atoms with Crippen LogP contribution in [0.5, 0.6) is 11.5 Å². The summed E-state index contributed by atoms with van der Waals surface area (Å²) in [6, 6.07) is 15.0. The van der Waals surface area contributed by atoms with Crippen LogP contribution in [0, 0.1) is 0 Å². The summed E-state index contributed by atoms with van der Waals surface area (Å²) >= 11 is 0. The molecule has 0 spiro atoms. The Morgan fingerprint density at radius 3 is 2.48 bits per heavy atom. The van der Waals surface area contributed by atoms with E-state index in [0.29, 0.717) is 23.7 Å². The molecule has 0 aliphatic rings. The summed E-state index contributed by atoms with van der Waals surface area (Å²) in [5.74, 6) is -1.46. The monoisotopic (exact) mass is 460 g/mol. The number of allylic oxidation sites excluding steroid dienone is 1. The minimum absolute atomic E-state index is 0.316. The largest absolute Gasteiger partial charge is 0.573 e. The number of nitrogens with zero attached hydrogens (tertiary/aromatic N) is 1. The van der Waals surface area contributed by atoms with E-state index in [-0.39, 0.29) is 5.75 Å². The van der Waals surface area contributed by atoms with Gasteiger partial charge in [-0.25, -0.2) is 4.79 Å². The highest BCUT2D eigenvalue weighted by Gasteiger charge is 2.31. The van der Waals surface area contributed by atoms with Gasteiger partial charge in [0, 0.05) is 18.4 Å². The number of hydrogen-bond acceptors (Lipinski definition) is 4. The summed E-state index contributed by atoms with van der Waals surface area (Å²) in [4.78, 5) is 23.2. The van der Waals surface area contributed by atoms with Crippen molar-refractivity contribution in [3.8, 4) is 11.5 Å². The van der Waals surface area contributed by atoms with Crippen LogP contribution in [0.3, 0.4) is 0 Å². The number of carbonyl (C=O) groups is 2. The topological polar surface area (TPSA) is 89.8 Å². The van der Waals surface area contributed by atoms with Gasteiger partial charge in [-0.3, -0.25) is 4.79 Å². The number of halogens is 3. The number of carboxylic acids is 1. The molecule has 172 valence electrons. The maximum atomic E-state index is 12.6. The predicted octanol–water partition coefficient (Wildman–Crippen LogP) is 4.82. The number of anilines is 1. The molecule has 1 amide bonds. The first-order valence-electron chi connectivity index (χ1n) is 9.63. The molecule has 33 heavy (non-hydrogen) atoms. The molecular weight excluding hydrogens is 441 g/mol. The van der Waals surface area contributed by atoms with Crippen molar-refractivity contribution in [1.29, 1.82) is 0 Å². The van der Waals surface area contributed by atoms with Crippen LogP contribution in [0.25, 0.3) is 6.08 Å². The van der Waals surface area contributed by atoms with Crippen molar-refractivity contribution in [2.24, 2.45) is 0 Å². The molecule has 0 radical (unpaired) electrons. The average molecular weight is 460 g/mol. The molecule has 2 N–H and O–H groups in total. The highest BCUT2D eigenvalue weighted by atomic mass is 19.4. The molecule has 10 heteroatoms. The van der Waals surface area contributed by atoms with Crippen LogP contribution in [0.2, 0.25) is 0 Å². The van der Waals surface area contributed by atoms with Crippen molar-refractivity contribution >= 4 is 23.6 Å². The van der Waals surface area contributed by atoms with Gasteiger partial charge in [0.15, 0.2) is 6.61 Å². The number of aromatic nitrogens is 1. The number of carboxylic acid groups (broad SMARTS) is 1. The highest BCUT2D eigenvalue weighted by Crippen LogP contribution is 2.24. The fourth-order valence-corrected chi connectivity index (χ4v) is 2.87. The fourth-order valence-electron chi connectivity index (χ4n) is 2.87. The average Bonchev–Trinajstić information content (AvgIpc) is 3.22. The second-order valence-electron chi connectivity index (χ2n) is 6.73. The van der Waals surface area contributed by atoms with Gasteiger partial charge in [-0.05, 0) is 54.1 Å². The number of amides is 1. The maximum absolute atomic E-state index is 12.6. The minimum atomic E-state index is -4.79. The second kappa shape index (κ2) is 10.4. The van der Waals surface area contributed by atoms with Crippen molar-refractivity contribution in [2.45, 2.75) is 12.9 Å². The fraction of sp³-hybridized carbons (Fsp3) is 0.130. The molecule has 0 unspecified atom stereocenters. The van der Waals surface area contributed by atoms with Crippen LogP contribution in [-0.2, 0) is 11.3 Å². The van der Waals surface area contributed by atoms with Gasteiger partial charge < -0.3 is 24.5 Å². The molecule has 0 bridgehead atoms. The van der Waals surface area contributed by atoms with Crippen LogP contribution in [0.4, 0.5) is 18.9 Å². The van der Waals surface area contributed by atoms with Crippen LogP contribution in [0.15, 0.2) is 72.9 Å². The molecule has 0 aliphatic carbocycles. The van der Waals surface area contributed by atoms with Crippen molar-refractivity contribution in [1.82, 2.24) is 4.57 Å². The third kappa shape index (κ3) is 7.46. The number of benzene rings is 2. The van der Waals surface area contributed by atoms with Gasteiger partial charge in [0.2, 0.25) is 0 Å². The van der Waals surface area contributed by atoms with Gasteiger partial charge >= 0.3 is 12.3 Å². The van der Waals surface area contributed by atoms with Crippen LogP contribution in [-0.4, -0.2) is 34.5 Å². The van der Waals surface area contributed by atoms with E-state index < -0.39 is 24.8 Å². The van der Waals surface area contributed by atoms with Gasteiger partial charge in [-0.15, -0.1) is 13.2 Å². The highest BCUT2D eigenvalue weighted by molar-refractivity contribution is 6.03. The number of alkyl halides is 3. The molecule has 7 nitrogen and oxygen atoms in total. The van der Waals surface area contributed by atoms with Gasteiger partial charge in [-0.1, -0.05) is 24.3 Å².